The fourth-order valence-electron chi connectivity index (χ4n) is 2.53. The van der Waals surface area contributed by atoms with Crippen LogP contribution in [0.15, 0.2) is 30.7 Å². The zero-order valence-electron chi connectivity index (χ0n) is 14.1. The minimum absolute atomic E-state index is 0.163. The van der Waals surface area contributed by atoms with Crippen LogP contribution in [0.25, 0.3) is 5.65 Å². The molecule has 0 atom stereocenters. The smallest absolute Gasteiger partial charge is 0.321 e. The second kappa shape index (κ2) is 6.69. The van der Waals surface area contributed by atoms with Gasteiger partial charge in [0, 0.05) is 45.7 Å². The Morgan fingerprint density at radius 1 is 1.38 bits per heavy atom. The van der Waals surface area contributed by atoms with Crippen molar-refractivity contribution >= 4 is 17.4 Å². The molecule has 8 heteroatoms. The molecule has 2 amide bonds. The second-order valence-corrected chi connectivity index (χ2v) is 5.76. The van der Waals surface area contributed by atoms with E-state index in [-0.39, 0.29) is 6.03 Å². The molecule has 1 N–H and O–H groups in total. The van der Waals surface area contributed by atoms with Crippen molar-refractivity contribution in [1.82, 2.24) is 29.0 Å². The van der Waals surface area contributed by atoms with Crippen LogP contribution < -0.4 is 5.32 Å². The predicted molar refractivity (Wildman–Crippen MR) is 90.9 cm³/mol. The summed E-state index contributed by atoms with van der Waals surface area (Å²) >= 11 is 0. The van der Waals surface area contributed by atoms with Crippen LogP contribution in [0.2, 0.25) is 0 Å². The Morgan fingerprint density at radius 3 is 2.96 bits per heavy atom. The summed E-state index contributed by atoms with van der Waals surface area (Å²) in [4.78, 5) is 22.6. The third-order valence-corrected chi connectivity index (χ3v) is 3.87. The minimum Gasteiger partial charge on any atom is -0.338 e. The van der Waals surface area contributed by atoms with E-state index in [1.165, 1.54) is 0 Å². The van der Waals surface area contributed by atoms with Crippen LogP contribution in [0.5, 0.6) is 0 Å². The molecule has 0 fully saturated rings. The van der Waals surface area contributed by atoms with Crippen molar-refractivity contribution in [1.29, 1.82) is 0 Å². The molecule has 0 aromatic carbocycles. The van der Waals surface area contributed by atoms with Crippen LogP contribution in [-0.4, -0.2) is 48.7 Å². The first-order valence-corrected chi connectivity index (χ1v) is 7.85. The van der Waals surface area contributed by atoms with E-state index in [1.54, 1.807) is 22.7 Å². The number of amides is 2. The molecule has 0 aliphatic rings. The Bertz CT molecular complexity index is 851. The van der Waals surface area contributed by atoms with E-state index in [0.717, 1.165) is 18.7 Å². The molecule has 8 nitrogen and oxygen atoms in total. The Kier molecular flexibility index (Phi) is 4.45. The number of fused-ring (bicyclic) bond motifs is 1. The second-order valence-electron chi connectivity index (χ2n) is 5.76. The predicted octanol–water partition coefficient (Wildman–Crippen LogP) is 1.87. The van der Waals surface area contributed by atoms with Crippen molar-refractivity contribution in [3.05, 3.63) is 42.4 Å². The molecule has 24 heavy (non-hydrogen) atoms. The number of pyridine rings is 1. The number of carbonyl (C=O) groups excluding carboxylic acids is 1. The molecule has 3 aromatic heterocycles. The third kappa shape index (κ3) is 3.37. The largest absolute Gasteiger partial charge is 0.338 e. The Labute approximate surface area is 140 Å². The quantitative estimate of drug-likeness (QED) is 0.776. The monoisotopic (exact) mass is 327 g/mol. The highest BCUT2D eigenvalue weighted by Crippen LogP contribution is 2.15. The first kappa shape index (κ1) is 16.0. The van der Waals surface area contributed by atoms with E-state index in [2.05, 4.69) is 20.4 Å². The Hall–Kier alpha value is -2.90. The standard InChI is InChI=1S/C16H21N7O/c1-12-18-15-13(6-4-10-23(15)20-12)19-16(24)22(3)9-5-7-14-17-8-11-21(14)2/h4,6,8,10-11H,5,7,9H2,1-3H3,(H,19,24). The van der Waals surface area contributed by atoms with E-state index in [9.17, 15) is 4.79 Å². The van der Waals surface area contributed by atoms with Gasteiger partial charge in [-0.3, -0.25) is 0 Å². The van der Waals surface area contributed by atoms with Gasteiger partial charge in [-0.15, -0.1) is 0 Å². The van der Waals surface area contributed by atoms with Crippen LogP contribution in [0.3, 0.4) is 0 Å². The fraction of sp³-hybridized carbons (Fsp3) is 0.375. The van der Waals surface area contributed by atoms with Gasteiger partial charge in [-0.2, -0.15) is 5.10 Å². The summed E-state index contributed by atoms with van der Waals surface area (Å²) in [5.41, 5.74) is 1.30. The van der Waals surface area contributed by atoms with Crippen molar-refractivity contribution in [2.75, 3.05) is 18.9 Å². The number of rotatable bonds is 5. The number of urea groups is 1. The molecule has 0 saturated heterocycles. The maximum absolute atomic E-state index is 12.4. The minimum atomic E-state index is -0.163. The summed E-state index contributed by atoms with van der Waals surface area (Å²) in [5.74, 6) is 1.69. The van der Waals surface area contributed by atoms with Crippen LogP contribution >= 0.6 is 0 Å². The number of anilines is 1. The van der Waals surface area contributed by atoms with E-state index in [4.69, 9.17) is 0 Å². The topological polar surface area (TPSA) is 80.4 Å². The van der Waals surface area contributed by atoms with Crippen molar-refractivity contribution in [2.24, 2.45) is 7.05 Å². The fourth-order valence-corrected chi connectivity index (χ4v) is 2.53. The number of hydrogen-bond donors (Lipinski definition) is 1. The number of nitrogens with zero attached hydrogens (tertiary/aromatic N) is 6. The SMILES string of the molecule is Cc1nc2c(NC(=O)N(C)CCCc3nccn3C)cccn2n1. The van der Waals surface area contributed by atoms with E-state index in [0.29, 0.717) is 23.7 Å². The van der Waals surface area contributed by atoms with Gasteiger partial charge in [0.15, 0.2) is 5.65 Å². The molecule has 0 radical (unpaired) electrons. The number of imidazole rings is 1. The van der Waals surface area contributed by atoms with Crippen LogP contribution in [0.4, 0.5) is 10.5 Å². The van der Waals surface area contributed by atoms with Crippen LogP contribution in [0, 0.1) is 6.92 Å². The summed E-state index contributed by atoms with van der Waals surface area (Å²) in [5, 5.41) is 7.14. The molecule has 3 rings (SSSR count). The van der Waals surface area contributed by atoms with Crippen molar-refractivity contribution < 1.29 is 4.79 Å². The molecule has 3 aromatic rings. The highest BCUT2D eigenvalue weighted by molar-refractivity contribution is 5.92. The zero-order chi connectivity index (χ0) is 17.1. The van der Waals surface area contributed by atoms with Gasteiger partial charge in [0.2, 0.25) is 0 Å². The van der Waals surface area contributed by atoms with Gasteiger partial charge >= 0.3 is 6.03 Å². The summed E-state index contributed by atoms with van der Waals surface area (Å²) in [7, 11) is 3.75. The maximum atomic E-state index is 12.4. The van der Waals surface area contributed by atoms with Gasteiger partial charge in [-0.25, -0.2) is 19.3 Å². The van der Waals surface area contributed by atoms with E-state index < -0.39 is 0 Å². The molecule has 0 spiro atoms. The summed E-state index contributed by atoms with van der Waals surface area (Å²) in [6, 6.07) is 3.49. The number of nitrogens with one attached hydrogen (secondary N) is 1. The van der Waals surface area contributed by atoms with E-state index in [1.807, 2.05) is 43.1 Å². The molecule has 0 aliphatic carbocycles. The summed E-state index contributed by atoms with van der Waals surface area (Å²) in [6.07, 6.45) is 7.20. The van der Waals surface area contributed by atoms with Gasteiger partial charge in [0.1, 0.15) is 11.6 Å². The van der Waals surface area contributed by atoms with Crippen LogP contribution in [-0.2, 0) is 13.5 Å². The Morgan fingerprint density at radius 2 is 2.21 bits per heavy atom. The van der Waals surface area contributed by atoms with Crippen LogP contribution in [0.1, 0.15) is 18.1 Å². The van der Waals surface area contributed by atoms with E-state index >= 15 is 0 Å². The van der Waals surface area contributed by atoms with Gasteiger partial charge in [0.05, 0.1) is 5.69 Å². The summed E-state index contributed by atoms with van der Waals surface area (Å²) in [6.45, 7) is 2.47. The molecule has 0 saturated carbocycles. The van der Waals surface area contributed by atoms with Crippen molar-refractivity contribution in [3.8, 4) is 0 Å². The van der Waals surface area contributed by atoms with Crippen molar-refractivity contribution in [2.45, 2.75) is 19.8 Å². The first-order chi connectivity index (χ1) is 11.5. The Balaban J connectivity index is 1.58. The number of aryl methyl sites for hydroxylation is 3. The normalized spacial score (nSPS) is 11.0. The van der Waals surface area contributed by atoms with Gasteiger partial charge in [0.25, 0.3) is 0 Å². The average Bonchev–Trinajstić information content (AvgIpc) is 3.13. The summed E-state index contributed by atoms with van der Waals surface area (Å²) < 4.78 is 3.65. The number of hydrogen-bond acceptors (Lipinski definition) is 4. The lowest BCUT2D eigenvalue weighted by Gasteiger charge is -2.18. The average molecular weight is 327 g/mol. The maximum Gasteiger partial charge on any atom is 0.321 e. The highest BCUT2D eigenvalue weighted by atomic mass is 16.2. The molecular weight excluding hydrogens is 306 g/mol. The molecule has 0 bridgehead atoms. The van der Waals surface area contributed by atoms with Gasteiger partial charge in [-0.1, -0.05) is 0 Å². The highest BCUT2D eigenvalue weighted by Gasteiger charge is 2.12. The lowest BCUT2D eigenvalue weighted by molar-refractivity contribution is 0.222. The molecule has 126 valence electrons. The first-order valence-electron chi connectivity index (χ1n) is 7.85. The van der Waals surface area contributed by atoms with Gasteiger partial charge in [-0.05, 0) is 25.5 Å². The lowest BCUT2D eigenvalue weighted by Crippen LogP contribution is -2.32. The zero-order valence-corrected chi connectivity index (χ0v) is 14.1. The number of aromatic nitrogens is 5. The van der Waals surface area contributed by atoms with Crippen molar-refractivity contribution in [3.63, 3.8) is 0 Å². The molecule has 3 heterocycles. The molecule has 0 unspecified atom stereocenters. The number of carbonyl (C=O) groups is 1. The lowest BCUT2D eigenvalue weighted by atomic mass is 10.3. The third-order valence-electron chi connectivity index (χ3n) is 3.87. The van der Waals surface area contributed by atoms with Gasteiger partial charge < -0.3 is 14.8 Å². The molecular formula is C16H21N7O. The molecule has 0 aliphatic heterocycles.